The Hall–Kier alpha value is -2.15. The number of rotatable bonds is 3. The maximum atomic E-state index is 11.7. The van der Waals surface area contributed by atoms with Gasteiger partial charge in [-0.2, -0.15) is 0 Å². The van der Waals surface area contributed by atoms with Crippen LogP contribution >= 0.6 is 11.6 Å². The van der Waals surface area contributed by atoms with Crippen LogP contribution in [0.15, 0.2) is 16.5 Å². The van der Waals surface area contributed by atoms with Gasteiger partial charge in [0.2, 0.25) is 0 Å². The Morgan fingerprint density at radius 1 is 1.46 bits per heavy atom. The fraction of sp³-hybridized carbons (Fsp3) is 0.500. The van der Waals surface area contributed by atoms with Crippen LogP contribution in [-0.4, -0.2) is 21.0 Å². The number of nitro groups is 1. The summed E-state index contributed by atoms with van der Waals surface area (Å²) in [5, 5.41) is 20.6. The molecule has 0 radical (unpaired) electrons. The quantitative estimate of drug-likeness (QED) is 0.648. The Bertz CT molecular complexity index is 860. The third-order valence-corrected chi connectivity index (χ3v) is 5.97. The van der Waals surface area contributed by atoms with Crippen molar-refractivity contribution in [2.45, 2.75) is 39.5 Å². The van der Waals surface area contributed by atoms with Gasteiger partial charge in [0.15, 0.2) is 11.5 Å². The topological polar surface area (TPSA) is 106 Å². The van der Waals surface area contributed by atoms with Crippen molar-refractivity contribution in [3.63, 3.8) is 0 Å². The lowest BCUT2D eigenvalue weighted by Gasteiger charge is -2.37. The second-order valence-electron chi connectivity index (χ2n) is 7.03. The zero-order chi connectivity index (χ0) is 17.9. The Morgan fingerprint density at radius 2 is 2.12 bits per heavy atom. The SMILES string of the molecule is CC1(C)[C@@H](c2nc3cc([N+](=O)[O-])c(Cl)cc3o2)CC[C@@]1(C)C(=O)O. The number of benzene rings is 1. The summed E-state index contributed by atoms with van der Waals surface area (Å²) < 4.78 is 5.77. The van der Waals surface area contributed by atoms with Crippen molar-refractivity contribution in [3.05, 3.63) is 33.2 Å². The minimum atomic E-state index is -0.887. The van der Waals surface area contributed by atoms with Gasteiger partial charge in [-0.1, -0.05) is 25.4 Å². The van der Waals surface area contributed by atoms with Crippen LogP contribution in [0.25, 0.3) is 11.1 Å². The summed E-state index contributed by atoms with van der Waals surface area (Å²) in [6.07, 6.45) is 1.14. The first-order valence-corrected chi connectivity index (χ1v) is 7.93. The summed E-state index contributed by atoms with van der Waals surface area (Å²) in [5.74, 6) is -0.634. The van der Waals surface area contributed by atoms with Crippen LogP contribution in [-0.2, 0) is 4.79 Å². The molecule has 1 saturated carbocycles. The third kappa shape index (κ3) is 2.18. The van der Waals surface area contributed by atoms with E-state index in [0.717, 1.165) is 0 Å². The molecule has 1 heterocycles. The van der Waals surface area contributed by atoms with Crippen molar-refractivity contribution in [2.75, 3.05) is 0 Å². The summed E-state index contributed by atoms with van der Waals surface area (Å²) >= 11 is 5.90. The summed E-state index contributed by atoms with van der Waals surface area (Å²) in [7, 11) is 0. The van der Waals surface area contributed by atoms with E-state index in [2.05, 4.69) is 4.98 Å². The van der Waals surface area contributed by atoms with Crippen LogP contribution in [0.2, 0.25) is 5.02 Å². The van der Waals surface area contributed by atoms with Gasteiger partial charge in [-0.3, -0.25) is 14.9 Å². The number of hydrogen-bond donors (Lipinski definition) is 1. The van der Waals surface area contributed by atoms with Gasteiger partial charge >= 0.3 is 5.97 Å². The molecule has 2 aromatic rings. The van der Waals surface area contributed by atoms with Crippen molar-refractivity contribution in [1.29, 1.82) is 0 Å². The number of aromatic nitrogens is 1. The molecule has 8 heteroatoms. The average Bonchev–Trinajstić information content (AvgIpc) is 2.97. The number of nitrogens with zero attached hydrogens (tertiary/aromatic N) is 2. The van der Waals surface area contributed by atoms with Crippen LogP contribution in [0.4, 0.5) is 5.69 Å². The molecule has 0 bridgehead atoms. The first kappa shape index (κ1) is 16.7. The van der Waals surface area contributed by atoms with E-state index < -0.39 is 21.7 Å². The number of aliphatic carboxylic acids is 1. The molecule has 1 aromatic carbocycles. The van der Waals surface area contributed by atoms with Gasteiger partial charge in [0, 0.05) is 18.1 Å². The van der Waals surface area contributed by atoms with E-state index in [9.17, 15) is 20.0 Å². The van der Waals surface area contributed by atoms with Gasteiger partial charge in [0.1, 0.15) is 10.5 Å². The Morgan fingerprint density at radius 3 is 2.67 bits per heavy atom. The molecule has 1 aromatic heterocycles. The highest BCUT2D eigenvalue weighted by Gasteiger charge is 2.58. The first-order chi connectivity index (χ1) is 11.1. The van der Waals surface area contributed by atoms with Gasteiger partial charge in [-0.05, 0) is 25.2 Å². The standard InChI is InChI=1S/C16H17ClN2O5/c1-15(2)8(4-5-16(15,3)14(20)21)13-18-10-7-11(19(22)23)9(17)6-12(10)24-13/h6-8H,4-5H2,1-3H3,(H,20,21)/t8-,16+/m1/s1. The fourth-order valence-electron chi connectivity index (χ4n) is 3.56. The molecule has 0 saturated heterocycles. The molecular formula is C16H17ClN2O5. The van der Waals surface area contributed by atoms with E-state index >= 15 is 0 Å². The Labute approximate surface area is 142 Å². The van der Waals surface area contributed by atoms with Crippen molar-refractivity contribution in [3.8, 4) is 0 Å². The van der Waals surface area contributed by atoms with E-state index in [-0.39, 0.29) is 16.6 Å². The van der Waals surface area contributed by atoms with Crippen molar-refractivity contribution in [1.82, 2.24) is 4.98 Å². The normalized spacial score (nSPS) is 25.9. The molecule has 3 rings (SSSR count). The van der Waals surface area contributed by atoms with Gasteiger partial charge in [0.05, 0.1) is 10.3 Å². The van der Waals surface area contributed by atoms with Gasteiger partial charge < -0.3 is 9.52 Å². The minimum Gasteiger partial charge on any atom is -0.481 e. The molecule has 0 unspecified atom stereocenters. The van der Waals surface area contributed by atoms with E-state index in [0.29, 0.717) is 29.8 Å². The Kier molecular flexibility index (Phi) is 3.60. The number of hydrogen-bond acceptors (Lipinski definition) is 5. The number of carboxylic acid groups (broad SMARTS) is 1. The van der Waals surface area contributed by atoms with Crippen LogP contribution < -0.4 is 0 Å². The molecular weight excluding hydrogens is 336 g/mol. The van der Waals surface area contributed by atoms with Crippen molar-refractivity contribution in [2.24, 2.45) is 10.8 Å². The number of nitro benzene ring substituents is 1. The highest BCUT2D eigenvalue weighted by molar-refractivity contribution is 6.33. The summed E-state index contributed by atoms with van der Waals surface area (Å²) in [6, 6.07) is 2.66. The van der Waals surface area contributed by atoms with Crippen LogP contribution in [0.1, 0.15) is 45.4 Å². The molecule has 0 aliphatic heterocycles. The number of carboxylic acids is 1. The highest BCUT2D eigenvalue weighted by Crippen LogP contribution is 2.60. The number of fused-ring (bicyclic) bond motifs is 1. The largest absolute Gasteiger partial charge is 0.481 e. The van der Waals surface area contributed by atoms with Crippen LogP contribution in [0.3, 0.4) is 0 Å². The zero-order valence-electron chi connectivity index (χ0n) is 13.5. The number of oxazole rings is 1. The van der Waals surface area contributed by atoms with E-state index in [4.69, 9.17) is 16.0 Å². The van der Waals surface area contributed by atoms with E-state index in [1.165, 1.54) is 12.1 Å². The van der Waals surface area contributed by atoms with Crippen LogP contribution in [0.5, 0.6) is 0 Å². The molecule has 2 atom stereocenters. The second-order valence-corrected chi connectivity index (χ2v) is 7.44. The molecule has 1 fully saturated rings. The van der Waals surface area contributed by atoms with Crippen LogP contribution in [0, 0.1) is 20.9 Å². The Balaban J connectivity index is 2.08. The zero-order valence-corrected chi connectivity index (χ0v) is 14.3. The van der Waals surface area contributed by atoms with Gasteiger partial charge in [-0.15, -0.1) is 0 Å². The third-order valence-electron chi connectivity index (χ3n) is 5.67. The summed E-state index contributed by atoms with van der Waals surface area (Å²) in [6.45, 7) is 5.52. The number of halogens is 1. The summed E-state index contributed by atoms with van der Waals surface area (Å²) in [5.41, 5.74) is -0.983. The van der Waals surface area contributed by atoms with Gasteiger partial charge in [-0.25, -0.2) is 4.98 Å². The molecule has 0 spiro atoms. The maximum absolute atomic E-state index is 11.7. The molecule has 1 N–H and O–H groups in total. The molecule has 24 heavy (non-hydrogen) atoms. The molecule has 7 nitrogen and oxygen atoms in total. The second kappa shape index (κ2) is 5.17. The first-order valence-electron chi connectivity index (χ1n) is 7.55. The minimum absolute atomic E-state index is 0.0174. The predicted molar refractivity (Wildman–Crippen MR) is 87.2 cm³/mol. The van der Waals surface area contributed by atoms with Gasteiger partial charge in [0.25, 0.3) is 5.69 Å². The predicted octanol–water partition coefficient (Wildman–Crippen LogP) is 4.38. The van der Waals surface area contributed by atoms with E-state index in [1.807, 2.05) is 13.8 Å². The van der Waals surface area contributed by atoms with Crippen molar-refractivity contribution >= 4 is 34.4 Å². The highest BCUT2D eigenvalue weighted by atomic mass is 35.5. The smallest absolute Gasteiger partial charge is 0.309 e. The van der Waals surface area contributed by atoms with Crippen molar-refractivity contribution < 1.29 is 19.2 Å². The molecule has 128 valence electrons. The molecule has 1 aliphatic rings. The lowest BCUT2D eigenvalue weighted by Crippen LogP contribution is -2.40. The monoisotopic (exact) mass is 352 g/mol. The summed E-state index contributed by atoms with van der Waals surface area (Å²) in [4.78, 5) is 26.5. The lowest BCUT2D eigenvalue weighted by molar-refractivity contribution is -0.384. The average molecular weight is 353 g/mol. The molecule has 0 amide bonds. The fourth-order valence-corrected chi connectivity index (χ4v) is 3.78. The number of carbonyl (C=O) groups is 1. The van der Waals surface area contributed by atoms with E-state index in [1.54, 1.807) is 6.92 Å². The lowest BCUT2D eigenvalue weighted by atomic mass is 9.66. The maximum Gasteiger partial charge on any atom is 0.309 e. The molecule has 1 aliphatic carbocycles.